The second kappa shape index (κ2) is 3.10. The van der Waals surface area contributed by atoms with Crippen molar-refractivity contribution in [2.45, 2.75) is 0 Å². The van der Waals surface area contributed by atoms with Crippen molar-refractivity contribution in [3.63, 3.8) is 0 Å². The molecule has 0 aliphatic rings. The second-order valence-corrected chi connectivity index (χ2v) is 3.48. The largest absolute Gasteiger partial charge is 0.480 e. The minimum absolute atomic E-state index is 0.0787. The van der Waals surface area contributed by atoms with Gasteiger partial charge in [0.25, 0.3) is 0 Å². The summed E-state index contributed by atoms with van der Waals surface area (Å²) in [5.74, 6) is 0.351. The Balaban J connectivity index is 2.67. The van der Waals surface area contributed by atoms with Gasteiger partial charge >= 0.3 is 0 Å². The molecular weight excluding hydrogens is 206 g/mol. The third-order valence-corrected chi connectivity index (χ3v) is 2.60. The molecule has 5 nitrogen and oxygen atoms in total. The number of hydrogen-bond acceptors (Lipinski definition) is 3. The van der Waals surface area contributed by atoms with E-state index in [4.69, 9.17) is 4.74 Å². The van der Waals surface area contributed by atoms with Crippen LogP contribution in [0.1, 0.15) is 0 Å². The van der Waals surface area contributed by atoms with Crippen LogP contribution in [0.3, 0.4) is 0 Å². The molecule has 1 aromatic carbocycles. The lowest BCUT2D eigenvalue weighted by Gasteiger charge is -2.03. The zero-order chi connectivity index (χ0) is 11.1. The highest BCUT2D eigenvalue weighted by molar-refractivity contribution is 6.06. The van der Waals surface area contributed by atoms with Crippen LogP contribution in [0, 0.1) is 0 Å². The van der Waals surface area contributed by atoms with Gasteiger partial charge in [0.05, 0.1) is 12.5 Å². The Morgan fingerprint density at radius 3 is 3.00 bits per heavy atom. The standard InChI is InChI=1S/C11H9N3O2/c1-16-11-9-6(3-2-4-8(9)15)7-5-12-14-10(7)13-11/h2-5H,1H3,(H2,12,13,14). The summed E-state index contributed by atoms with van der Waals surface area (Å²) in [5, 5.41) is 7.98. The Morgan fingerprint density at radius 2 is 2.19 bits per heavy atom. The number of nitrogens with zero attached hydrogens (tertiary/aromatic N) is 1. The van der Waals surface area contributed by atoms with Crippen molar-refractivity contribution in [1.29, 1.82) is 0 Å². The van der Waals surface area contributed by atoms with Crippen LogP contribution in [0.25, 0.3) is 21.8 Å². The number of aromatic amines is 2. The SMILES string of the molecule is COc1nc2[nH][nH]cc2c2cccc(=O)c12. The van der Waals surface area contributed by atoms with Crippen LogP contribution < -0.4 is 10.2 Å². The van der Waals surface area contributed by atoms with Crippen molar-refractivity contribution >= 4 is 21.8 Å². The van der Waals surface area contributed by atoms with Crippen molar-refractivity contribution in [3.05, 3.63) is 34.6 Å². The molecule has 0 radical (unpaired) electrons. The van der Waals surface area contributed by atoms with Crippen molar-refractivity contribution in [2.75, 3.05) is 7.11 Å². The van der Waals surface area contributed by atoms with Crippen LogP contribution in [0.15, 0.2) is 29.2 Å². The fraction of sp³-hybridized carbons (Fsp3) is 0.0909. The molecule has 0 bridgehead atoms. The summed E-state index contributed by atoms with van der Waals surface area (Å²) in [6.07, 6.45) is 1.78. The topological polar surface area (TPSA) is 70.8 Å². The van der Waals surface area contributed by atoms with Crippen LogP contribution in [0.4, 0.5) is 0 Å². The van der Waals surface area contributed by atoms with Gasteiger partial charge in [-0.3, -0.25) is 9.89 Å². The van der Waals surface area contributed by atoms with Crippen molar-refractivity contribution < 1.29 is 4.74 Å². The molecule has 3 rings (SSSR count). The van der Waals surface area contributed by atoms with Gasteiger partial charge in [0.15, 0.2) is 11.1 Å². The highest BCUT2D eigenvalue weighted by atomic mass is 16.5. The summed E-state index contributed by atoms with van der Waals surface area (Å²) in [5.41, 5.74) is 0.597. The van der Waals surface area contributed by atoms with E-state index >= 15 is 0 Å². The Kier molecular flexibility index (Phi) is 1.73. The van der Waals surface area contributed by atoms with Crippen molar-refractivity contribution in [2.24, 2.45) is 0 Å². The second-order valence-electron chi connectivity index (χ2n) is 3.48. The first-order chi connectivity index (χ1) is 7.81. The molecule has 0 atom stereocenters. The lowest BCUT2D eigenvalue weighted by molar-refractivity contribution is 0.404. The number of fused-ring (bicyclic) bond motifs is 3. The molecule has 0 aliphatic heterocycles. The highest BCUT2D eigenvalue weighted by Gasteiger charge is 2.11. The summed E-state index contributed by atoms with van der Waals surface area (Å²) in [6.45, 7) is 0. The summed E-state index contributed by atoms with van der Waals surface area (Å²) >= 11 is 0. The predicted octanol–water partition coefficient (Wildman–Crippen LogP) is 1.41. The summed E-state index contributed by atoms with van der Waals surface area (Å²) < 4.78 is 5.14. The first kappa shape index (κ1) is 8.96. The van der Waals surface area contributed by atoms with Crippen LogP contribution in [0.2, 0.25) is 0 Å². The van der Waals surface area contributed by atoms with E-state index in [9.17, 15) is 4.79 Å². The molecule has 80 valence electrons. The maximum Gasteiger partial charge on any atom is 0.227 e. The first-order valence-corrected chi connectivity index (χ1v) is 4.84. The van der Waals surface area contributed by atoms with E-state index in [0.717, 1.165) is 10.8 Å². The number of rotatable bonds is 1. The fourth-order valence-electron chi connectivity index (χ4n) is 1.89. The number of pyridine rings is 1. The van der Waals surface area contributed by atoms with Gasteiger partial charge in [0.2, 0.25) is 5.88 Å². The number of nitrogens with one attached hydrogen (secondary N) is 2. The molecule has 0 spiro atoms. The molecule has 16 heavy (non-hydrogen) atoms. The molecule has 0 saturated carbocycles. The quantitative estimate of drug-likeness (QED) is 0.644. The smallest absolute Gasteiger partial charge is 0.227 e. The lowest BCUT2D eigenvalue weighted by atomic mass is 10.1. The van der Waals surface area contributed by atoms with E-state index in [1.807, 2.05) is 6.07 Å². The molecule has 3 aromatic rings. The Hall–Kier alpha value is -2.30. The minimum Gasteiger partial charge on any atom is -0.480 e. The van der Waals surface area contributed by atoms with E-state index in [-0.39, 0.29) is 5.43 Å². The molecular formula is C11H9N3O2. The number of hydrogen-bond donors (Lipinski definition) is 2. The van der Waals surface area contributed by atoms with Crippen molar-refractivity contribution in [3.8, 4) is 5.88 Å². The fourth-order valence-corrected chi connectivity index (χ4v) is 1.89. The average molecular weight is 215 g/mol. The zero-order valence-corrected chi connectivity index (χ0v) is 8.57. The van der Waals surface area contributed by atoms with Gasteiger partial charge in [0, 0.05) is 17.0 Å². The van der Waals surface area contributed by atoms with Gasteiger partial charge in [-0.1, -0.05) is 12.1 Å². The average Bonchev–Trinajstić information content (AvgIpc) is 2.76. The van der Waals surface area contributed by atoms with Gasteiger partial charge in [-0.25, -0.2) is 0 Å². The molecule has 2 heterocycles. The molecule has 0 unspecified atom stereocenters. The van der Waals surface area contributed by atoms with Gasteiger partial charge in [0.1, 0.15) is 0 Å². The summed E-state index contributed by atoms with van der Waals surface area (Å²) in [7, 11) is 1.51. The predicted molar refractivity (Wildman–Crippen MR) is 60.8 cm³/mol. The molecule has 2 aromatic heterocycles. The third kappa shape index (κ3) is 1.05. The van der Waals surface area contributed by atoms with E-state index in [1.54, 1.807) is 12.3 Å². The Morgan fingerprint density at radius 1 is 1.31 bits per heavy atom. The normalized spacial score (nSPS) is 11.1. The monoisotopic (exact) mass is 215 g/mol. The van der Waals surface area contributed by atoms with E-state index < -0.39 is 0 Å². The van der Waals surface area contributed by atoms with E-state index in [1.165, 1.54) is 13.2 Å². The van der Waals surface area contributed by atoms with Gasteiger partial charge in [-0.15, -0.1) is 0 Å². The first-order valence-electron chi connectivity index (χ1n) is 4.84. The molecule has 0 aliphatic carbocycles. The zero-order valence-electron chi connectivity index (χ0n) is 8.57. The van der Waals surface area contributed by atoms with Gasteiger partial charge in [-0.05, 0) is 6.07 Å². The number of methoxy groups -OCH3 is 1. The molecule has 2 N–H and O–H groups in total. The van der Waals surface area contributed by atoms with Crippen LogP contribution in [0.5, 0.6) is 5.88 Å². The molecule has 0 fully saturated rings. The summed E-state index contributed by atoms with van der Waals surface area (Å²) in [4.78, 5) is 16.0. The number of ether oxygens (including phenoxy) is 1. The van der Waals surface area contributed by atoms with Gasteiger partial charge < -0.3 is 9.84 Å². The number of benzene rings is 1. The number of H-pyrrole nitrogens is 2. The van der Waals surface area contributed by atoms with Crippen molar-refractivity contribution in [1.82, 2.24) is 15.2 Å². The van der Waals surface area contributed by atoms with Crippen LogP contribution >= 0.6 is 0 Å². The van der Waals surface area contributed by atoms with E-state index in [0.29, 0.717) is 16.9 Å². The van der Waals surface area contributed by atoms with Crippen LogP contribution in [-0.4, -0.2) is 22.3 Å². The van der Waals surface area contributed by atoms with Crippen LogP contribution in [-0.2, 0) is 0 Å². The number of aromatic nitrogens is 3. The Labute approximate surface area is 90.1 Å². The lowest BCUT2D eigenvalue weighted by Crippen LogP contribution is -2.02. The molecule has 0 saturated heterocycles. The Bertz CT molecular complexity index is 727. The molecule has 0 amide bonds. The van der Waals surface area contributed by atoms with E-state index in [2.05, 4.69) is 15.2 Å². The molecule has 5 heteroatoms. The third-order valence-electron chi connectivity index (χ3n) is 2.60. The maximum absolute atomic E-state index is 11.8. The highest BCUT2D eigenvalue weighted by Crippen LogP contribution is 2.26. The minimum atomic E-state index is -0.0787. The summed E-state index contributed by atoms with van der Waals surface area (Å²) in [6, 6.07) is 5.12. The van der Waals surface area contributed by atoms with Gasteiger partial charge in [-0.2, -0.15) is 4.98 Å². The maximum atomic E-state index is 11.8.